The van der Waals surface area contributed by atoms with Gasteiger partial charge in [-0.15, -0.1) is 0 Å². The number of amides is 2. The van der Waals surface area contributed by atoms with Gasteiger partial charge in [0.05, 0.1) is 6.42 Å². The molecule has 1 aromatic carbocycles. The molecule has 19 heavy (non-hydrogen) atoms. The van der Waals surface area contributed by atoms with Crippen molar-refractivity contribution in [1.82, 2.24) is 0 Å². The lowest BCUT2D eigenvalue weighted by Crippen LogP contribution is -2.20. The van der Waals surface area contributed by atoms with Crippen molar-refractivity contribution in [2.75, 3.05) is 17.3 Å². The number of hydrogen-bond acceptors (Lipinski definition) is 2. The van der Waals surface area contributed by atoms with Gasteiger partial charge in [-0.1, -0.05) is 12.8 Å². The summed E-state index contributed by atoms with van der Waals surface area (Å²) in [4.78, 5) is 25.3. The minimum absolute atomic E-state index is 0.106. The Morgan fingerprint density at radius 1 is 1.32 bits per heavy atom. The largest absolute Gasteiger partial charge is 0.326 e. The van der Waals surface area contributed by atoms with E-state index in [0.717, 1.165) is 42.6 Å². The first-order valence-electron chi connectivity index (χ1n) is 6.85. The molecular formula is C15H18N2O2. The van der Waals surface area contributed by atoms with E-state index in [2.05, 4.69) is 5.32 Å². The summed E-state index contributed by atoms with van der Waals surface area (Å²) in [5, 5.41) is 2.97. The Morgan fingerprint density at radius 2 is 2.05 bits per heavy atom. The van der Waals surface area contributed by atoms with Gasteiger partial charge in [0, 0.05) is 24.3 Å². The average Bonchev–Trinajstić information content (AvgIpc) is 2.99. The van der Waals surface area contributed by atoms with Gasteiger partial charge >= 0.3 is 0 Å². The molecule has 4 nitrogen and oxygen atoms in total. The van der Waals surface area contributed by atoms with Crippen molar-refractivity contribution in [3.8, 4) is 0 Å². The van der Waals surface area contributed by atoms with E-state index in [9.17, 15) is 9.59 Å². The van der Waals surface area contributed by atoms with Crippen molar-refractivity contribution in [2.24, 2.45) is 5.92 Å². The number of fused-ring (bicyclic) bond motifs is 1. The van der Waals surface area contributed by atoms with Crippen molar-refractivity contribution in [3.05, 3.63) is 23.8 Å². The number of benzene rings is 1. The van der Waals surface area contributed by atoms with Crippen LogP contribution in [0.1, 0.15) is 31.2 Å². The molecule has 0 radical (unpaired) electrons. The monoisotopic (exact) mass is 258 g/mol. The lowest BCUT2D eigenvalue weighted by Gasteiger charge is -2.13. The topological polar surface area (TPSA) is 49.4 Å². The van der Waals surface area contributed by atoms with E-state index in [0.29, 0.717) is 6.42 Å². The minimum atomic E-state index is 0.106. The van der Waals surface area contributed by atoms with Gasteiger partial charge in [0.15, 0.2) is 0 Å². The molecule has 1 N–H and O–H groups in total. The molecule has 1 aliphatic heterocycles. The number of carbonyl (C=O) groups excluding carboxylic acids is 2. The smallest absolute Gasteiger partial charge is 0.231 e. The fraction of sp³-hybridized carbons (Fsp3) is 0.467. The van der Waals surface area contributed by atoms with Crippen LogP contribution in [0.15, 0.2) is 18.2 Å². The Bertz CT molecular complexity index is 533. The lowest BCUT2D eigenvalue weighted by atomic mass is 10.1. The average molecular weight is 258 g/mol. The molecule has 0 aromatic heterocycles. The highest BCUT2D eigenvalue weighted by Crippen LogP contribution is 2.31. The predicted molar refractivity (Wildman–Crippen MR) is 74.1 cm³/mol. The minimum Gasteiger partial charge on any atom is -0.326 e. The quantitative estimate of drug-likeness (QED) is 0.885. The molecule has 4 heteroatoms. The van der Waals surface area contributed by atoms with E-state index in [1.165, 1.54) is 0 Å². The molecule has 3 rings (SSSR count). The van der Waals surface area contributed by atoms with Gasteiger partial charge in [-0.25, -0.2) is 0 Å². The van der Waals surface area contributed by atoms with Gasteiger partial charge < -0.3 is 10.2 Å². The Kier molecular flexibility index (Phi) is 3.01. The highest BCUT2D eigenvalue weighted by molar-refractivity contribution is 6.02. The number of nitrogens with zero attached hydrogens (tertiary/aromatic N) is 1. The van der Waals surface area contributed by atoms with E-state index in [1.54, 1.807) is 11.9 Å². The molecular weight excluding hydrogens is 240 g/mol. The fourth-order valence-electron chi connectivity index (χ4n) is 2.98. The van der Waals surface area contributed by atoms with E-state index in [-0.39, 0.29) is 17.7 Å². The summed E-state index contributed by atoms with van der Waals surface area (Å²) in [5.74, 6) is 0.391. The van der Waals surface area contributed by atoms with Crippen LogP contribution in [0.2, 0.25) is 0 Å². The Morgan fingerprint density at radius 3 is 2.79 bits per heavy atom. The Labute approximate surface area is 112 Å². The lowest BCUT2D eigenvalue weighted by molar-refractivity contribution is -0.119. The van der Waals surface area contributed by atoms with E-state index < -0.39 is 0 Å². The number of carbonyl (C=O) groups is 2. The van der Waals surface area contributed by atoms with Crippen LogP contribution in [-0.4, -0.2) is 18.9 Å². The molecule has 1 aliphatic carbocycles. The van der Waals surface area contributed by atoms with Gasteiger partial charge in [0.25, 0.3) is 0 Å². The van der Waals surface area contributed by atoms with Crippen LogP contribution in [0, 0.1) is 5.92 Å². The van der Waals surface area contributed by atoms with Crippen LogP contribution in [0.5, 0.6) is 0 Å². The molecule has 0 unspecified atom stereocenters. The summed E-state index contributed by atoms with van der Waals surface area (Å²) in [6, 6.07) is 5.70. The number of likely N-dealkylation sites (N-methyl/N-ethyl adjacent to an activating group) is 1. The summed E-state index contributed by atoms with van der Waals surface area (Å²) in [6.45, 7) is 0. The maximum Gasteiger partial charge on any atom is 0.231 e. The normalized spacial score (nSPS) is 18.8. The second-order valence-electron chi connectivity index (χ2n) is 5.44. The summed E-state index contributed by atoms with van der Waals surface area (Å²) in [6.07, 6.45) is 4.73. The van der Waals surface area contributed by atoms with E-state index in [4.69, 9.17) is 0 Å². The van der Waals surface area contributed by atoms with Crippen LogP contribution < -0.4 is 10.2 Å². The number of anilines is 2. The zero-order chi connectivity index (χ0) is 13.4. The van der Waals surface area contributed by atoms with Gasteiger partial charge in [-0.2, -0.15) is 0 Å². The summed E-state index contributed by atoms with van der Waals surface area (Å²) < 4.78 is 0. The molecule has 1 saturated carbocycles. The van der Waals surface area contributed by atoms with E-state index in [1.807, 2.05) is 18.2 Å². The van der Waals surface area contributed by atoms with Crippen LogP contribution in [-0.2, 0) is 16.0 Å². The third-order valence-corrected chi connectivity index (χ3v) is 4.15. The number of hydrogen-bond donors (Lipinski definition) is 1. The zero-order valence-corrected chi connectivity index (χ0v) is 11.1. The van der Waals surface area contributed by atoms with Crippen LogP contribution in [0.4, 0.5) is 11.4 Å². The fourth-order valence-corrected chi connectivity index (χ4v) is 2.98. The molecule has 0 bridgehead atoms. The molecule has 0 atom stereocenters. The maximum atomic E-state index is 12.1. The van der Waals surface area contributed by atoms with Gasteiger partial charge in [-0.05, 0) is 36.6 Å². The maximum absolute atomic E-state index is 12.1. The van der Waals surface area contributed by atoms with E-state index >= 15 is 0 Å². The SMILES string of the molecule is CN1C(=O)Cc2cc(NC(=O)C3CCCC3)ccc21. The first-order valence-corrected chi connectivity index (χ1v) is 6.85. The van der Waals surface area contributed by atoms with Crippen molar-refractivity contribution in [3.63, 3.8) is 0 Å². The molecule has 1 aromatic rings. The van der Waals surface area contributed by atoms with Crippen LogP contribution >= 0.6 is 0 Å². The summed E-state index contributed by atoms with van der Waals surface area (Å²) in [7, 11) is 1.78. The first kappa shape index (κ1) is 12.2. The third kappa shape index (κ3) is 2.23. The van der Waals surface area contributed by atoms with Gasteiger partial charge in [-0.3, -0.25) is 9.59 Å². The second-order valence-corrected chi connectivity index (χ2v) is 5.44. The van der Waals surface area contributed by atoms with Gasteiger partial charge in [0.2, 0.25) is 11.8 Å². The molecule has 2 aliphatic rings. The van der Waals surface area contributed by atoms with Crippen molar-refractivity contribution >= 4 is 23.2 Å². The Hall–Kier alpha value is -1.84. The Balaban J connectivity index is 1.75. The second kappa shape index (κ2) is 4.68. The van der Waals surface area contributed by atoms with Crippen molar-refractivity contribution in [1.29, 1.82) is 0 Å². The summed E-state index contributed by atoms with van der Waals surface area (Å²) >= 11 is 0. The highest BCUT2D eigenvalue weighted by atomic mass is 16.2. The molecule has 0 spiro atoms. The van der Waals surface area contributed by atoms with Crippen molar-refractivity contribution < 1.29 is 9.59 Å². The molecule has 2 amide bonds. The molecule has 0 saturated heterocycles. The third-order valence-electron chi connectivity index (χ3n) is 4.15. The molecule has 1 fully saturated rings. The van der Waals surface area contributed by atoms with Gasteiger partial charge in [0.1, 0.15) is 0 Å². The van der Waals surface area contributed by atoms with Crippen LogP contribution in [0.25, 0.3) is 0 Å². The summed E-state index contributed by atoms with van der Waals surface area (Å²) in [5.41, 5.74) is 2.75. The highest BCUT2D eigenvalue weighted by Gasteiger charge is 2.25. The standard InChI is InChI=1S/C15H18N2O2/c1-17-13-7-6-12(8-11(13)9-14(17)18)16-15(19)10-4-2-3-5-10/h6-8,10H,2-5,9H2,1H3,(H,16,19). The number of nitrogens with one attached hydrogen (secondary N) is 1. The van der Waals surface area contributed by atoms with Crippen LogP contribution in [0.3, 0.4) is 0 Å². The first-order chi connectivity index (χ1) is 9.15. The molecule has 1 heterocycles. The predicted octanol–water partition coefficient (Wildman–Crippen LogP) is 2.33. The zero-order valence-electron chi connectivity index (χ0n) is 11.1. The number of rotatable bonds is 2. The van der Waals surface area contributed by atoms with Crippen molar-refractivity contribution in [2.45, 2.75) is 32.1 Å². The molecule has 100 valence electrons.